The van der Waals surface area contributed by atoms with Crippen LogP contribution in [0.5, 0.6) is 5.75 Å². The first-order valence-corrected chi connectivity index (χ1v) is 12.6. The van der Waals surface area contributed by atoms with Crippen LogP contribution in [0.15, 0.2) is 72.8 Å². The number of para-hydroxylation sites is 1. The number of benzene rings is 3. The summed E-state index contributed by atoms with van der Waals surface area (Å²) in [6.45, 7) is 7.62. The number of rotatable bonds is 9. The quantitative estimate of drug-likeness (QED) is 0.359. The van der Waals surface area contributed by atoms with Gasteiger partial charge in [0, 0.05) is 18.5 Å². The van der Waals surface area contributed by atoms with E-state index in [2.05, 4.69) is 5.32 Å². The van der Waals surface area contributed by atoms with Crippen molar-refractivity contribution in [1.29, 1.82) is 0 Å². The molecule has 3 aromatic rings. The maximum absolute atomic E-state index is 13.6. The Morgan fingerprint density at radius 3 is 2.22 bits per heavy atom. The zero-order chi connectivity index (χ0) is 26.3. The number of carbonyl (C=O) groups is 2. The molecular formula is C29H32Cl2N2O3. The van der Waals surface area contributed by atoms with Crippen LogP contribution >= 0.6 is 23.2 Å². The van der Waals surface area contributed by atoms with Crippen LogP contribution in [0.3, 0.4) is 0 Å². The molecule has 1 atom stereocenters. The van der Waals surface area contributed by atoms with Crippen LogP contribution in [0, 0.1) is 6.92 Å². The van der Waals surface area contributed by atoms with Gasteiger partial charge in [0.25, 0.3) is 5.91 Å². The second kappa shape index (κ2) is 12.3. The first-order chi connectivity index (χ1) is 17.0. The van der Waals surface area contributed by atoms with Crippen LogP contribution in [-0.4, -0.2) is 34.9 Å². The van der Waals surface area contributed by atoms with E-state index in [0.717, 1.165) is 16.7 Å². The Morgan fingerprint density at radius 2 is 1.58 bits per heavy atom. The summed E-state index contributed by atoms with van der Waals surface area (Å²) in [5.41, 5.74) is 2.16. The molecule has 3 rings (SSSR count). The van der Waals surface area contributed by atoms with Crippen molar-refractivity contribution in [2.75, 3.05) is 6.61 Å². The molecule has 0 aliphatic carbocycles. The van der Waals surface area contributed by atoms with Gasteiger partial charge in [-0.3, -0.25) is 9.59 Å². The highest BCUT2D eigenvalue weighted by molar-refractivity contribution is 6.42. The first-order valence-electron chi connectivity index (χ1n) is 11.8. The zero-order valence-corrected chi connectivity index (χ0v) is 22.6. The summed E-state index contributed by atoms with van der Waals surface area (Å²) in [4.78, 5) is 28.8. The molecule has 7 heteroatoms. The van der Waals surface area contributed by atoms with Gasteiger partial charge in [0.1, 0.15) is 11.8 Å². The van der Waals surface area contributed by atoms with E-state index in [0.29, 0.717) is 22.2 Å². The van der Waals surface area contributed by atoms with E-state index in [1.54, 1.807) is 23.1 Å². The second-order valence-electron chi connectivity index (χ2n) is 9.77. The molecule has 190 valence electrons. The van der Waals surface area contributed by atoms with Gasteiger partial charge in [-0.25, -0.2) is 0 Å². The molecular weight excluding hydrogens is 495 g/mol. The number of nitrogens with one attached hydrogen (secondary N) is 1. The van der Waals surface area contributed by atoms with Gasteiger partial charge in [-0.15, -0.1) is 0 Å². The summed E-state index contributed by atoms with van der Waals surface area (Å²) >= 11 is 12.4. The average Bonchev–Trinajstić information content (AvgIpc) is 2.82. The standard InChI is InChI=1S/C29H32Cl2N2O3/c1-20-10-8-9-13-26(20)36-19-27(34)33(18-22-14-15-23(30)24(31)16-22)25(28(35)32-29(2,3)4)17-21-11-6-5-7-12-21/h5-16,25H,17-19H2,1-4H3,(H,32,35)/t25-/m0/s1. The highest BCUT2D eigenvalue weighted by Gasteiger charge is 2.32. The molecule has 1 N–H and O–H groups in total. The van der Waals surface area contributed by atoms with Crippen molar-refractivity contribution in [3.8, 4) is 5.75 Å². The summed E-state index contributed by atoms with van der Waals surface area (Å²) in [5, 5.41) is 3.85. The SMILES string of the molecule is Cc1ccccc1OCC(=O)N(Cc1ccc(Cl)c(Cl)c1)[C@@H](Cc1ccccc1)C(=O)NC(C)(C)C. The van der Waals surface area contributed by atoms with Crippen molar-refractivity contribution in [2.45, 2.75) is 52.2 Å². The number of nitrogens with zero attached hydrogens (tertiary/aromatic N) is 1. The number of amides is 2. The fraction of sp³-hybridized carbons (Fsp3) is 0.310. The third-order valence-electron chi connectivity index (χ3n) is 5.55. The van der Waals surface area contributed by atoms with E-state index in [4.69, 9.17) is 27.9 Å². The second-order valence-corrected chi connectivity index (χ2v) is 10.6. The molecule has 0 radical (unpaired) electrons. The molecule has 5 nitrogen and oxygen atoms in total. The third-order valence-corrected chi connectivity index (χ3v) is 6.29. The Kier molecular flexibility index (Phi) is 9.41. The smallest absolute Gasteiger partial charge is 0.261 e. The van der Waals surface area contributed by atoms with Crippen LogP contribution in [-0.2, 0) is 22.6 Å². The highest BCUT2D eigenvalue weighted by atomic mass is 35.5. The van der Waals surface area contributed by atoms with Crippen molar-refractivity contribution in [3.63, 3.8) is 0 Å². The molecule has 0 fully saturated rings. The van der Waals surface area contributed by atoms with Gasteiger partial charge in [-0.1, -0.05) is 77.8 Å². The van der Waals surface area contributed by atoms with Crippen molar-refractivity contribution in [3.05, 3.63) is 99.5 Å². The number of ether oxygens (including phenoxy) is 1. The summed E-state index contributed by atoms with van der Waals surface area (Å²) in [6, 6.07) is 21.6. The van der Waals surface area contributed by atoms with E-state index in [-0.39, 0.29) is 25.0 Å². The van der Waals surface area contributed by atoms with Gasteiger partial charge in [0.15, 0.2) is 6.61 Å². The molecule has 0 aliphatic rings. The molecule has 0 unspecified atom stereocenters. The summed E-state index contributed by atoms with van der Waals surface area (Å²) in [5.74, 6) is 0.0732. The third kappa shape index (κ3) is 8.00. The number of aryl methyl sites for hydroxylation is 1. The first kappa shape index (κ1) is 27.6. The minimum atomic E-state index is -0.769. The Morgan fingerprint density at radius 1 is 0.917 bits per heavy atom. The lowest BCUT2D eigenvalue weighted by atomic mass is 10.0. The van der Waals surface area contributed by atoms with Gasteiger partial charge < -0.3 is 15.0 Å². The molecule has 0 bridgehead atoms. The van der Waals surface area contributed by atoms with E-state index < -0.39 is 11.6 Å². The van der Waals surface area contributed by atoms with Crippen molar-refractivity contribution >= 4 is 35.0 Å². The molecule has 3 aromatic carbocycles. The topological polar surface area (TPSA) is 58.6 Å². The van der Waals surface area contributed by atoms with Gasteiger partial charge in [0.2, 0.25) is 5.91 Å². The minimum Gasteiger partial charge on any atom is -0.484 e. The molecule has 0 saturated carbocycles. The zero-order valence-electron chi connectivity index (χ0n) is 21.1. The predicted octanol–water partition coefficient (Wildman–Crippen LogP) is 6.24. The summed E-state index contributed by atoms with van der Waals surface area (Å²) in [7, 11) is 0. The fourth-order valence-electron chi connectivity index (χ4n) is 3.78. The Bertz CT molecular complexity index is 1190. The lowest BCUT2D eigenvalue weighted by molar-refractivity contribution is -0.143. The molecule has 0 saturated heterocycles. The molecule has 36 heavy (non-hydrogen) atoms. The lowest BCUT2D eigenvalue weighted by Gasteiger charge is -2.34. The number of hydrogen-bond acceptors (Lipinski definition) is 3. The van der Waals surface area contributed by atoms with Crippen molar-refractivity contribution < 1.29 is 14.3 Å². The summed E-state index contributed by atoms with van der Waals surface area (Å²) < 4.78 is 5.87. The van der Waals surface area contributed by atoms with Crippen LogP contribution in [0.1, 0.15) is 37.5 Å². The minimum absolute atomic E-state index is 0.169. The number of halogens is 2. The average molecular weight is 527 g/mol. The van der Waals surface area contributed by atoms with Gasteiger partial charge in [0.05, 0.1) is 10.0 Å². The molecule has 0 spiro atoms. The molecule has 0 aromatic heterocycles. The van der Waals surface area contributed by atoms with Crippen LogP contribution in [0.2, 0.25) is 10.0 Å². The Labute approximate surface area is 223 Å². The molecule has 0 heterocycles. The Hall–Kier alpha value is -3.02. The van der Waals surface area contributed by atoms with E-state index in [9.17, 15) is 9.59 Å². The maximum atomic E-state index is 13.6. The lowest BCUT2D eigenvalue weighted by Crippen LogP contribution is -2.55. The van der Waals surface area contributed by atoms with E-state index in [1.807, 2.05) is 82.3 Å². The van der Waals surface area contributed by atoms with E-state index in [1.165, 1.54) is 0 Å². The monoisotopic (exact) mass is 526 g/mol. The van der Waals surface area contributed by atoms with Crippen LogP contribution in [0.25, 0.3) is 0 Å². The van der Waals surface area contributed by atoms with Crippen molar-refractivity contribution in [1.82, 2.24) is 10.2 Å². The molecule has 0 aliphatic heterocycles. The van der Waals surface area contributed by atoms with E-state index >= 15 is 0 Å². The largest absolute Gasteiger partial charge is 0.484 e. The molecule has 2 amide bonds. The van der Waals surface area contributed by atoms with Crippen molar-refractivity contribution in [2.24, 2.45) is 0 Å². The van der Waals surface area contributed by atoms with Gasteiger partial charge in [-0.2, -0.15) is 0 Å². The summed E-state index contributed by atoms with van der Waals surface area (Å²) in [6.07, 6.45) is 0.347. The predicted molar refractivity (Wildman–Crippen MR) is 146 cm³/mol. The van der Waals surface area contributed by atoms with Crippen LogP contribution in [0.4, 0.5) is 0 Å². The van der Waals surface area contributed by atoms with Gasteiger partial charge in [-0.05, 0) is 62.6 Å². The maximum Gasteiger partial charge on any atom is 0.261 e. The fourth-order valence-corrected chi connectivity index (χ4v) is 4.10. The van der Waals surface area contributed by atoms with Gasteiger partial charge >= 0.3 is 0 Å². The number of carbonyl (C=O) groups excluding carboxylic acids is 2. The Balaban J connectivity index is 1.96. The number of hydrogen-bond donors (Lipinski definition) is 1. The highest BCUT2D eigenvalue weighted by Crippen LogP contribution is 2.25. The van der Waals surface area contributed by atoms with Crippen LogP contribution < -0.4 is 10.1 Å². The normalized spacial score (nSPS) is 12.1.